The lowest BCUT2D eigenvalue weighted by Gasteiger charge is -2.25. The Bertz CT molecular complexity index is 1190. The molecule has 2 aromatic rings. The molecule has 0 atom stereocenters. The van der Waals surface area contributed by atoms with E-state index in [0.717, 1.165) is 11.1 Å². The summed E-state index contributed by atoms with van der Waals surface area (Å²) in [7, 11) is -3.73. The summed E-state index contributed by atoms with van der Waals surface area (Å²) in [5, 5.41) is 2.71. The van der Waals surface area contributed by atoms with E-state index in [1.54, 1.807) is 26.0 Å². The number of sulfonamides is 1. The van der Waals surface area contributed by atoms with Gasteiger partial charge >= 0.3 is 5.97 Å². The van der Waals surface area contributed by atoms with E-state index in [9.17, 15) is 18.0 Å². The van der Waals surface area contributed by atoms with Gasteiger partial charge in [0.15, 0.2) is 6.61 Å². The average molecular weight is 537 g/mol. The highest BCUT2D eigenvalue weighted by atomic mass is 35.5. The molecular formula is C27H37ClN2O5S. The molecule has 0 aliphatic rings. The molecule has 9 heteroatoms. The van der Waals surface area contributed by atoms with E-state index in [1.165, 1.54) is 22.5 Å². The fourth-order valence-electron chi connectivity index (χ4n) is 3.49. The van der Waals surface area contributed by atoms with Gasteiger partial charge in [-0.05, 0) is 52.3 Å². The smallest absolute Gasteiger partial charge is 0.338 e. The Morgan fingerprint density at radius 1 is 0.917 bits per heavy atom. The molecule has 1 amide bonds. The number of anilines is 1. The quantitative estimate of drug-likeness (QED) is 0.433. The summed E-state index contributed by atoms with van der Waals surface area (Å²) < 4.78 is 32.2. The summed E-state index contributed by atoms with van der Waals surface area (Å²) in [6.45, 7) is 16.0. The van der Waals surface area contributed by atoms with Gasteiger partial charge < -0.3 is 10.1 Å². The topological polar surface area (TPSA) is 92.8 Å². The molecule has 0 saturated carbocycles. The lowest BCUT2D eigenvalue weighted by molar-refractivity contribution is -0.119. The Hall–Kier alpha value is -2.42. The van der Waals surface area contributed by atoms with E-state index < -0.39 is 28.5 Å². The Morgan fingerprint density at radius 2 is 1.44 bits per heavy atom. The number of halogens is 1. The summed E-state index contributed by atoms with van der Waals surface area (Å²) in [6, 6.07) is 9.76. The number of benzene rings is 2. The molecule has 0 spiro atoms. The number of esters is 1. The van der Waals surface area contributed by atoms with Crippen LogP contribution in [0.5, 0.6) is 0 Å². The first kappa shape index (κ1) is 29.8. The molecule has 7 nitrogen and oxygen atoms in total. The monoisotopic (exact) mass is 536 g/mol. The van der Waals surface area contributed by atoms with Crippen LogP contribution in [0.2, 0.25) is 5.02 Å². The standard InChI is InChI=1S/C27H37ClN2O5S/c1-9-30(10-2)36(33,34)21-11-12-22(28)23(16-21)29-24(31)17-35-25(32)18-13-19(26(3,4)5)15-20(14-18)27(6,7)8/h11-16H,9-10,17H2,1-8H3,(H,29,31). The van der Waals surface area contributed by atoms with Gasteiger partial charge in [-0.1, -0.05) is 73.1 Å². The molecule has 1 N–H and O–H groups in total. The number of amides is 1. The number of nitrogens with zero attached hydrogens (tertiary/aromatic N) is 1. The first-order valence-corrected chi connectivity index (χ1v) is 13.7. The maximum atomic E-state index is 12.8. The summed E-state index contributed by atoms with van der Waals surface area (Å²) in [6.07, 6.45) is 0. The molecule has 0 radical (unpaired) electrons. The summed E-state index contributed by atoms with van der Waals surface area (Å²) in [5.41, 5.74) is 2.11. The number of ether oxygens (including phenoxy) is 1. The van der Waals surface area contributed by atoms with Crippen LogP contribution >= 0.6 is 11.6 Å². The highest BCUT2D eigenvalue weighted by molar-refractivity contribution is 7.89. The van der Waals surface area contributed by atoms with E-state index in [0.29, 0.717) is 18.7 Å². The van der Waals surface area contributed by atoms with Crippen LogP contribution < -0.4 is 5.32 Å². The number of nitrogens with one attached hydrogen (secondary N) is 1. The second kappa shape index (κ2) is 11.3. The van der Waals surface area contributed by atoms with Gasteiger partial charge in [0.25, 0.3) is 5.91 Å². The van der Waals surface area contributed by atoms with Crippen molar-refractivity contribution in [2.75, 3.05) is 25.0 Å². The minimum atomic E-state index is -3.73. The summed E-state index contributed by atoms with van der Waals surface area (Å²) >= 11 is 6.19. The van der Waals surface area contributed by atoms with Gasteiger partial charge in [0.2, 0.25) is 10.0 Å². The van der Waals surface area contributed by atoms with Crippen molar-refractivity contribution in [3.63, 3.8) is 0 Å². The van der Waals surface area contributed by atoms with Crippen LogP contribution in [-0.4, -0.2) is 44.3 Å². The van der Waals surface area contributed by atoms with Crippen LogP contribution in [0, 0.1) is 0 Å². The molecule has 2 aromatic carbocycles. The number of rotatable bonds is 8. The first-order chi connectivity index (χ1) is 16.5. The van der Waals surface area contributed by atoms with Gasteiger partial charge in [0.1, 0.15) is 0 Å². The van der Waals surface area contributed by atoms with Crippen molar-refractivity contribution in [1.29, 1.82) is 0 Å². The zero-order valence-corrected chi connectivity index (χ0v) is 23.9. The maximum Gasteiger partial charge on any atom is 0.338 e. The number of carbonyl (C=O) groups excluding carboxylic acids is 2. The molecule has 0 unspecified atom stereocenters. The highest BCUT2D eigenvalue weighted by Crippen LogP contribution is 2.31. The lowest BCUT2D eigenvalue weighted by Crippen LogP contribution is -2.30. The largest absolute Gasteiger partial charge is 0.452 e. The van der Waals surface area contributed by atoms with Gasteiger partial charge in [-0.15, -0.1) is 0 Å². The van der Waals surface area contributed by atoms with Crippen LogP contribution in [0.3, 0.4) is 0 Å². The molecular weight excluding hydrogens is 500 g/mol. The number of carbonyl (C=O) groups is 2. The van der Waals surface area contributed by atoms with E-state index in [4.69, 9.17) is 16.3 Å². The van der Waals surface area contributed by atoms with E-state index in [-0.39, 0.29) is 26.4 Å². The molecule has 2 rings (SSSR count). The van der Waals surface area contributed by atoms with Crippen LogP contribution in [0.15, 0.2) is 41.3 Å². The molecule has 0 aromatic heterocycles. The predicted molar refractivity (Wildman–Crippen MR) is 144 cm³/mol. The SMILES string of the molecule is CCN(CC)S(=O)(=O)c1ccc(Cl)c(NC(=O)COC(=O)c2cc(C(C)(C)C)cc(C(C)(C)C)c2)c1. The second-order valence-corrected chi connectivity index (χ2v) is 13.0. The molecule has 0 aliphatic heterocycles. The normalized spacial score (nSPS) is 12.5. The Kier molecular flexibility index (Phi) is 9.37. The Morgan fingerprint density at radius 3 is 1.92 bits per heavy atom. The van der Waals surface area contributed by atoms with Gasteiger partial charge in [0.05, 0.1) is 21.2 Å². The van der Waals surface area contributed by atoms with Crippen molar-refractivity contribution in [2.24, 2.45) is 0 Å². The lowest BCUT2D eigenvalue weighted by atomic mass is 9.79. The Balaban J connectivity index is 2.20. The molecule has 198 valence electrons. The minimum absolute atomic E-state index is 0.0107. The zero-order valence-electron chi connectivity index (χ0n) is 22.4. The van der Waals surface area contributed by atoms with E-state index >= 15 is 0 Å². The minimum Gasteiger partial charge on any atom is -0.452 e. The highest BCUT2D eigenvalue weighted by Gasteiger charge is 2.24. The predicted octanol–water partition coefficient (Wildman–Crippen LogP) is 5.76. The van der Waals surface area contributed by atoms with Crippen LogP contribution in [0.1, 0.15) is 76.9 Å². The molecule has 36 heavy (non-hydrogen) atoms. The molecule has 0 aliphatic carbocycles. The first-order valence-electron chi connectivity index (χ1n) is 11.9. The van der Waals surface area contributed by atoms with Crippen molar-refractivity contribution in [3.05, 3.63) is 58.1 Å². The summed E-state index contributed by atoms with van der Waals surface area (Å²) in [4.78, 5) is 25.4. The van der Waals surface area contributed by atoms with Gasteiger partial charge in [0, 0.05) is 13.1 Å². The fourth-order valence-corrected chi connectivity index (χ4v) is 5.13. The average Bonchev–Trinajstić information content (AvgIpc) is 2.78. The molecule has 0 heterocycles. The van der Waals surface area contributed by atoms with Crippen molar-refractivity contribution < 1.29 is 22.7 Å². The third-order valence-corrected chi connectivity index (χ3v) is 8.17. The van der Waals surface area contributed by atoms with Gasteiger partial charge in [-0.3, -0.25) is 4.79 Å². The van der Waals surface area contributed by atoms with Crippen LogP contribution in [0.25, 0.3) is 0 Å². The van der Waals surface area contributed by atoms with Crippen molar-refractivity contribution >= 4 is 39.2 Å². The fraction of sp³-hybridized carbons (Fsp3) is 0.481. The number of hydrogen-bond acceptors (Lipinski definition) is 5. The molecule has 0 bridgehead atoms. The van der Waals surface area contributed by atoms with E-state index in [1.807, 2.05) is 0 Å². The zero-order chi connectivity index (χ0) is 27.5. The number of hydrogen-bond donors (Lipinski definition) is 1. The van der Waals surface area contributed by atoms with Crippen molar-refractivity contribution in [3.8, 4) is 0 Å². The Labute approximate surface area is 220 Å². The second-order valence-electron chi connectivity index (χ2n) is 10.7. The van der Waals surface area contributed by atoms with Crippen molar-refractivity contribution in [1.82, 2.24) is 4.31 Å². The third kappa shape index (κ3) is 7.31. The summed E-state index contributed by atoms with van der Waals surface area (Å²) in [5.74, 6) is -1.25. The van der Waals surface area contributed by atoms with Crippen molar-refractivity contribution in [2.45, 2.75) is 71.1 Å². The van der Waals surface area contributed by atoms with Gasteiger partial charge in [-0.25, -0.2) is 13.2 Å². The third-order valence-electron chi connectivity index (χ3n) is 5.79. The van der Waals surface area contributed by atoms with Gasteiger partial charge in [-0.2, -0.15) is 4.31 Å². The van der Waals surface area contributed by atoms with E-state index in [2.05, 4.69) is 52.9 Å². The molecule has 0 fully saturated rings. The maximum absolute atomic E-state index is 12.8. The molecule has 0 saturated heterocycles. The van der Waals surface area contributed by atoms with Crippen LogP contribution in [0.4, 0.5) is 5.69 Å². The van der Waals surface area contributed by atoms with Crippen LogP contribution in [-0.2, 0) is 30.4 Å².